The van der Waals surface area contributed by atoms with Crippen molar-refractivity contribution in [1.29, 1.82) is 0 Å². The predicted octanol–water partition coefficient (Wildman–Crippen LogP) is 4.30. The van der Waals surface area contributed by atoms with E-state index in [-0.39, 0.29) is 17.7 Å². The Morgan fingerprint density at radius 2 is 1.58 bits per heavy atom. The molecule has 2 heterocycles. The van der Waals surface area contributed by atoms with E-state index >= 15 is 0 Å². The molecule has 0 radical (unpaired) electrons. The molecule has 0 unspecified atom stereocenters. The molecule has 0 aliphatic carbocycles. The minimum atomic E-state index is -0.351. The Kier molecular flexibility index (Phi) is 5.05. The summed E-state index contributed by atoms with van der Waals surface area (Å²) in [6.07, 6.45) is 0.806. The van der Waals surface area contributed by atoms with Crippen LogP contribution in [0.25, 0.3) is 5.57 Å². The van der Waals surface area contributed by atoms with Crippen LogP contribution in [0.1, 0.15) is 23.6 Å². The molecular formula is C27H23N3O3. The molecule has 0 saturated carbocycles. The lowest BCUT2D eigenvalue weighted by Gasteiger charge is -2.22. The van der Waals surface area contributed by atoms with E-state index < -0.39 is 0 Å². The number of carbonyl (C=O) groups excluding carboxylic acids is 3. The van der Waals surface area contributed by atoms with Gasteiger partial charge in [-0.3, -0.25) is 14.4 Å². The minimum absolute atomic E-state index is 0.172. The molecule has 3 amide bonds. The van der Waals surface area contributed by atoms with Gasteiger partial charge in [0.2, 0.25) is 5.91 Å². The summed E-state index contributed by atoms with van der Waals surface area (Å²) in [7, 11) is 0. The van der Waals surface area contributed by atoms with Crippen LogP contribution in [0.4, 0.5) is 17.1 Å². The number of fused-ring (bicyclic) bond motifs is 1. The van der Waals surface area contributed by atoms with Crippen LogP contribution in [0, 0.1) is 6.92 Å². The molecule has 0 fully saturated rings. The van der Waals surface area contributed by atoms with Crippen LogP contribution < -0.4 is 15.1 Å². The number of aryl methyl sites for hydroxylation is 1. The fourth-order valence-corrected chi connectivity index (χ4v) is 4.45. The summed E-state index contributed by atoms with van der Waals surface area (Å²) in [6, 6.07) is 22.4. The highest BCUT2D eigenvalue weighted by atomic mass is 16.2. The van der Waals surface area contributed by atoms with Crippen molar-refractivity contribution in [3.63, 3.8) is 0 Å². The molecule has 164 valence electrons. The average molecular weight is 437 g/mol. The molecule has 6 nitrogen and oxygen atoms in total. The fourth-order valence-electron chi connectivity index (χ4n) is 4.45. The Labute approximate surface area is 192 Å². The maximum atomic E-state index is 13.7. The summed E-state index contributed by atoms with van der Waals surface area (Å²) in [5, 5.41) is 2.73. The van der Waals surface area contributed by atoms with Crippen molar-refractivity contribution in [1.82, 2.24) is 0 Å². The van der Waals surface area contributed by atoms with Crippen molar-refractivity contribution in [3.8, 4) is 0 Å². The second kappa shape index (κ2) is 8.06. The number of anilines is 3. The van der Waals surface area contributed by atoms with Gasteiger partial charge in [-0.2, -0.15) is 0 Å². The third-order valence-electron chi connectivity index (χ3n) is 6.00. The monoisotopic (exact) mass is 437 g/mol. The molecule has 0 bridgehead atoms. The van der Waals surface area contributed by atoms with E-state index in [2.05, 4.69) is 11.4 Å². The lowest BCUT2D eigenvalue weighted by molar-refractivity contribution is -0.120. The second-order valence-corrected chi connectivity index (χ2v) is 8.29. The third kappa shape index (κ3) is 3.59. The topological polar surface area (TPSA) is 69.7 Å². The first-order chi connectivity index (χ1) is 15.9. The summed E-state index contributed by atoms with van der Waals surface area (Å²) in [5.41, 5.74) is 5.72. The van der Waals surface area contributed by atoms with Gasteiger partial charge >= 0.3 is 0 Å². The largest absolute Gasteiger partial charge is 0.336 e. The number of para-hydroxylation sites is 1. The van der Waals surface area contributed by atoms with Gasteiger partial charge in [-0.05, 0) is 54.8 Å². The van der Waals surface area contributed by atoms with Gasteiger partial charge < -0.3 is 10.2 Å². The van der Waals surface area contributed by atoms with Crippen LogP contribution in [0.15, 0.2) is 78.5 Å². The smallest absolute Gasteiger partial charge is 0.282 e. The molecular weight excluding hydrogens is 414 g/mol. The molecule has 0 atom stereocenters. The molecule has 5 rings (SSSR count). The Hall–Kier alpha value is -4.19. The maximum absolute atomic E-state index is 13.7. The first-order valence-electron chi connectivity index (χ1n) is 10.9. The van der Waals surface area contributed by atoms with Gasteiger partial charge in [0, 0.05) is 24.8 Å². The van der Waals surface area contributed by atoms with Crippen LogP contribution in [-0.4, -0.2) is 24.3 Å². The zero-order valence-electron chi connectivity index (χ0n) is 18.5. The van der Waals surface area contributed by atoms with Crippen LogP contribution in [0.3, 0.4) is 0 Å². The van der Waals surface area contributed by atoms with Gasteiger partial charge in [0.15, 0.2) is 0 Å². The Bertz CT molecular complexity index is 1310. The molecule has 3 aromatic carbocycles. The molecule has 0 aromatic heterocycles. The molecule has 0 spiro atoms. The average Bonchev–Trinajstić information content (AvgIpc) is 3.33. The second-order valence-electron chi connectivity index (χ2n) is 8.29. The number of hydrogen-bond acceptors (Lipinski definition) is 4. The quantitative estimate of drug-likeness (QED) is 0.618. The van der Waals surface area contributed by atoms with E-state index in [9.17, 15) is 14.4 Å². The van der Waals surface area contributed by atoms with Crippen LogP contribution >= 0.6 is 0 Å². The Balaban J connectivity index is 1.63. The van der Waals surface area contributed by atoms with E-state index in [1.807, 2.05) is 42.2 Å². The predicted molar refractivity (Wildman–Crippen MR) is 129 cm³/mol. The highest BCUT2D eigenvalue weighted by Gasteiger charge is 2.44. The van der Waals surface area contributed by atoms with Crippen molar-refractivity contribution in [2.75, 3.05) is 21.7 Å². The summed E-state index contributed by atoms with van der Waals surface area (Å²) < 4.78 is 0. The van der Waals surface area contributed by atoms with Crippen molar-refractivity contribution in [3.05, 3.63) is 95.2 Å². The SMILES string of the molecule is CC(=O)Nc1ccc(C2=C(N3CCc4ccccc43)C(=O)N(c3ccc(C)cc3)C2=O)cc1. The summed E-state index contributed by atoms with van der Waals surface area (Å²) in [5.74, 6) is -0.856. The number of nitrogens with zero attached hydrogens (tertiary/aromatic N) is 2. The van der Waals surface area contributed by atoms with E-state index in [0.29, 0.717) is 34.8 Å². The van der Waals surface area contributed by atoms with Crippen LogP contribution in [-0.2, 0) is 20.8 Å². The zero-order valence-corrected chi connectivity index (χ0v) is 18.5. The first-order valence-corrected chi connectivity index (χ1v) is 10.9. The van der Waals surface area contributed by atoms with Gasteiger partial charge in [-0.25, -0.2) is 4.90 Å². The number of nitrogens with one attached hydrogen (secondary N) is 1. The minimum Gasteiger partial charge on any atom is -0.336 e. The van der Waals surface area contributed by atoms with E-state index in [1.165, 1.54) is 11.8 Å². The zero-order chi connectivity index (χ0) is 23.1. The fraction of sp³-hybridized carbons (Fsp3) is 0.148. The molecule has 3 aromatic rings. The highest BCUT2D eigenvalue weighted by molar-refractivity contribution is 6.46. The van der Waals surface area contributed by atoms with Gasteiger partial charge in [0.25, 0.3) is 11.8 Å². The first kappa shape index (κ1) is 20.7. The van der Waals surface area contributed by atoms with Crippen molar-refractivity contribution in [2.45, 2.75) is 20.3 Å². The van der Waals surface area contributed by atoms with Gasteiger partial charge in [0.1, 0.15) is 5.70 Å². The summed E-state index contributed by atoms with van der Waals surface area (Å²) in [4.78, 5) is 42.0. The number of imide groups is 1. The van der Waals surface area contributed by atoms with Gasteiger partial charge in [0.05, 0.1) is 11.3 Å². The van der Waals surface area contributed by atoms with E-state index in [0.717, 1.165) is 23.2 Å². The lowest BCUT2D eigenvalue weighted by Crippen LogP contribution is -2.34. The van der Waals surface area contributed by atoms with Crippen molar-refractivity contribution < 1.29 is 14.4 Å². The normalized spacial score (nSPS) is 15.3. The molecule has 2 aliphatic rings. The molecule has 33 heavy (non-hydrogen) atoms. The molecule has 1 N–H and O–H groups in total. The third-order valence-corrected chi connectivity index (χ3v) is 6.00. The number of benzene rings is 3. The van der Waals surface area contributed by atoms with E-state index in [4.69, 9.17) is 0 Å². The summed E-state index contributed by atoms with van der Waals surface area (Å²) >= 11 is 0. The maximum Gasteiger partial charge on any atom is 0.282 e. The standard InChI is InChI=1S/C27H23N3O3/c1-17-7-13-22(14-8-17)30-26(32)24(20-9-11-21(12-10-20)28-18(2)31)25(27(30)33)29-16-15-19-5-3-4-6-23(19)29/h3-14H,15-16H2,1-2H3,(H,28,31). The van der Waals surface area contributed by atoms with E-state index in [1.54, 1.807) is 36.4 Å². The van der Waals surface area contributed by atoms with Gasteiger partial charge in [-0.15, -0.1) is 0 Å². The number of rotatable bonds is 4. The lowest BCUT2D eigenvalue weighted by atomic mass is 10.0. The van der Waals surface area contributed by atoms with Crippen LogP contribution in [0.2, 0.25) is 0 Å². The molecule has 2 aliphatic heterocycles. The summed E-state index contributed by atoms with van der Waals surface area (Å²) in [6.45, 7) is 4.03. The highest BCUT2D eigenvalue weighted by Crippen LogP contribution is 2.40. The van der Waals surface area contributed by atoms with Crippen molar-refractivity contribution >= 4 is 40.4 Å². The number of amides is 3. The Morgan fingerprint density at radius 3 is 2.27 bits per heavy atom. The van der Waals surface area contributed by atoms with Crippen molar-refractivity contribution in [2.24, 2.45) is 0 Å². The number of carbonyl (C=O) groups is 3. The number of hydrogen-bond donors (Lipinski definition) is 1. The Morgan fingerprint density at radius 1 is 0.879 bits per heavy atom. The molecule has 0 saturated heterocycles. The van der Waals surface area contributed by atoms with Crippen LogP contribution in [0.5, 0.6) is 0 Å². The van der Waals surface area contributed by atoms with Gasteiger partial charge in [-0.1, -0.05) is 48.0 Å². The molecule has 6 heteroatoms.